The summed E-state index contributed by atoms with van der Waals surface area (Å²) in [7, 11) is 0. The van der Waals surface area contributed by atoms with Gasteiger partial charge in [-0.3, -0.25) is 28.8 Å². The third kappa shape index (κ3) is 20.3. The van der Waals surface area contributed by atoms with Crippen LogP contribution < -0.4 is 16.0 Å². The summed E-state index contributed by atoms with van der Waals surface area (Å²) in [5.41, 5.74) is 7.79. The minimum atomic E-state index is -0.946. The van der Waals surface area contributed by atoms with E-state index in [9.17, 15) is 51.9 Å². The highest BCUT2D eigenvalue weighted by Crippen LogP contribution is 2.52. The van der Waals surface area contributed by atoms with Gasteiger partial charge in [0.25, 0.3) is 0 Å². The molecule has 9 heterocycles. The van der Waals surface area contributed by atoms with Crippen molar-refractivity contribution < 1.29 is 54.8 Å². The topological polar surface area (TPSA) is 219 Å². The maximum Gasteiger partial charge on any atom is 0.322 e. The Labute approximate surface area is 699 Å². The number of likely N-dealkylation sites (tertiary alicyclic amines) is 3. The van der Waals surface area contributed by atoms with Crippen molar-refractivity contribution in [3.63, 3.8) is 0 Å². The van der Waals surface area contributed by atoms with Gasteiger partial charge in [-0.1, -0.05) is 172 Å². The van der Waals surface area contributed by atoms with E-state index in [-0.39, 0.29) is 107 Å². The standard InChI is InChI=1S/C30H36F2N4O3S.C30H44N4O3S.C30H38N4O3S.2H2/c1-19(2)9-15-36-28(38)26(40-29(36)21-7-8-23(31)24(32)17-21)18-27(37)34-13-11-22(12-14-34)35-16-10-20-5-3-4-6-25(20)33-30(35)39;1-29(2,3)16-19-34-27(36)25(38-30(34)14-8-4-5-9-15-30)20-26(35)32-17-12-23(13-18-32)33-21-22-10-6-7-11-24(22)31-28(33)37;1-20(2)13-18-33-28(36)26(38-29(33)22-9-5-4-6-10-22)21(3)27(35)32-16-14-24(15-17-32)34-19-23-11-7-8-12-25(23)31-30(34)37;;/h3-8,17,19,22,26,29H,9-16,18H2,1-2H3,(H,33,39);6-7,10-11,23,25H,4-5,8-9,12-21H2,1-3H3,(H,31,37);4-12,20-21,24,26,29H,13-19H2,1-3H3,(H,31,37);2*1H. The lowest BCUT2D eigenvalue weighted by Crippen LogP contribution is -2.52. The number of benzene rings is 5. The molecule has 6 unspecified atom stereocenters. The number of nitrogens with one attached hydrogen (secondary N) is 3. The predicted octanol–water partition coefficient (Wildman–Crippen LogP) is 17.1. The maximum absolute atomic E-state index is 14.0. The fourth-order valence-corrected chi connectivity index (χ4v) is 22.8. The highest BCUT2D eigenvalue weighted by molar-refractivity contribution is 8.02. The molecule has 0 bridgehead atoms. The summed E-state index contributed by atoms with van der Waals surface area (Å²) in [4.78, 5) is 137. The van der Waals surface area contributed by atoms with Crippen molar-refractivity contribution in [1.29, 1.82) is 0 Å². The van der Waals surface area contributed by atoms with E-state index in [1.165, 1.54) is 30.7 Å². The molecule has 0 radical (unpaired) electrons. The first-order chi connectivity index (χ1) is 55.7. The van der Waals surface area contributed by atoms with E-state index in [0.717, 1.165) is 135 Å². The molecule has 10 aliphatic rings. The molecule has 6 atom stereocenters. The molecule has 12 amide bonds. The number of halogens is 2. The van der Waals surface area contributed by atoms with E-state index in [2.05, 4.69) is 87.5 Å². The highest BCUT2D eigenvalue weighted by atomic mass is 32.2. The van der Waals surface area contributed by atoms with E-state index >= 15 is 0 Å². The molecule has 9 aliphatic heterocycles. The first kappa shape index (κ1) is 85.5. The van der Waals surface area contributed by atoms with E-state index in [0.29, 0.717) is 109 Å². The lowest BCUT2D eigenvalue weighted by atomic mass is 9.91. The quantitative estimate of drug-likeness (QED) is 0.0703. The Bertz CT molecular complexity index is 4340. The molecule has 5 aromatic carbocycles. The molecule has 26 heteroatoms. The number of rotatable bonds is 19. The van der Waals surface area contributed by atoms with Crippen LogP contribution in [0.25, 0.3) is 0 Å². The number of para-hydroxylation sites is 3. The van der Waals surface area contributed by atoms with Crippen LogP contribution in [0.5, 0.6) is 0 Å². The number of hydrogen-bond acceptors (Lipinski definition) is 12. The number of amides is 12. The van der Waals surface area contributed by atoms with Crippen molar-refractivity contribution in [1.82, 2.24) is 44.1 Å². The van der Waals surface area contributed by atoms with Crippen molar-refractivity contribution >= 4 is 106 Å². The number of thioether (sulfide) groups is 3. The zero-order chi connectivity index (χ0) is 82.1. The van der Waals surface area contributed by atoms with Gasteiger partial charge in [0.05, 0.1) is 26.5 Å². The summed E-state index contributed by atoms with van der Waals surface area (Å²) >= 11 is 4.75. The van der Waals surface area contributed by atoms with Crippen LogP contribution in [0, 0.1) is 34.8 Å². The zero-order valence-corrected chi connectivity index (χ0v) is 71.2. The molecule has 1 saturated carbocycles. The summed E-state index contributed by atoms with van der Waals surface area (Å²) in [5, 5.41) is 7.27. The molecule has 3 N–H and O–H groups in total. The molecule has 1 spiro atoms. The average molecular weight is 1650 g/mol. The molecule has 628 valence electrons. The molecule has 6 saturated heterocycles. The van der Waals surface area contributed by atoms with Gasteiger partial charge in [-0.05, 0) is 152 Å². The van der Waals surface area contributed by atoms with Crippen LogP contribution in [-0.4, -0.2) is 202 Å². The Hall–Kier alpha value is -8.36. The van der Waals surface area contributed by atoms with Crippen molar-refractivity contribution in [2.24, 2.45) is 23.2 Å². The molecule has 7 fully saturated rings. The molecular formula is C90H122F2N12O9S3. The molecule has 21 nitrogen and oxygen atoms in total. The number of nitrogens with zero attached hydrogens (tertiary/aromatic N) is 9. The second-order valence-electron chi connectivity index (χ2n) is 35.1. The van der Waals surface area contributed by atoms with Crippen molar-refractivity contribution in [3.05, 3.63) is 161 Å². The Balaban J connectivity index is 0.000000172. The van der Waals surface area contributed by atoms with Gasteiger partial charge in [0.1, 0.15) is 10.7 Å². The van der Waals surface area contributed by atoms with Crippen LogP contribution in [0.4, 0.5) is 40.2 Å². The van der Waals surface area contributed by atoms with Gasteiger partial charge in [0, 0.05) is 129 Å². The number of hydrogen-bond donors (Lipinski definition) is 3. The van der Waals surface area contributed by atoms with Crippen LogP contribution in [0.3, 0.4) is 0 Å². The molecule has 1 aliphatic carbocycles. The van der Waals surface area contributed by atoms with Crippen molar-refractivity contribution in [2.75, 3.05) is 81.4 Å². The van der Waals surface area contributed by atoms with E-state index in [1.54, 1.807) is 33.3 Å². The van der Waals surface area contributed by atoms with Gasteiger partial charge in [0.15, 0.2) is 11.6 Å². The van der Waals surface area contributed by atoms with E-state index < -0.39 is 28.2 Å². The minimum absolute atomic E-state index is 0. The zero-order valence-electron chi connectivity index (χ0n) is 68.8. The SMILES string of the molecule is CC(C)(C)CCN1C(=O)C(CC(=O)N2CCC(N3Cc4ccccc4NC3=O)CC2)SC12CCCCCC2.CC(C)CCN1C(=O)C(C(C)C(=O)N2CCC(N3Cc4ccccc4NC3=O)CC2)SC1c1ccccc1.CC(C)CCN1C(=O)C(CC(=O)N2CCC(N3CCc4ccccc4NC3=O)CC2)SC1c1ccc(F)c(F)c1.[HH].[HH]. The van der Waals surface area contributed by atoms with Crippen molar-refractivity contribution in [3.8, 4) is 0 Å². The van der Waals surface area contributed by atoms with Crippen LogP contribution in [0.15, 0.2) is 121 Å². The Morgan fingerprint density at radius 1 is 0.491 bits per heavy atom. The van der Waals surface area contributed by atoms with Gasteiger partial charge in [-0.15, -0.1) is 35.3 Å². The van der Waals surface area contributed by atoms with Crippen LogP contribution >= 0.6 is 35.3 Å². The Morgan fingerprint density at radius 3 is 1.47 bits per heavy atom. The van der Waals surface area contributed by atoms with Gasteiger partial charge in [-0.25, -0.2) is 23.2 Å². The van der Waals surface area contributed by atoms with Crippen LogP contribution in [0.1, 0.15) is 206 Å². The molecule has 15 rings (SSSR count). The van der Waals surface area contributed by atoms with Crippen LogP contribution in [-0.2, 0) is 48.3 Å². The smallest absolute Gasteiger partial charge is 0.322 e. The number of carbonyl (C=O) groups excluding carboxylic acids is 9. The molecule has 0 aromatic heterocycles. The number of fused-ring (bicyclic) bond motifs is 3. The fourth-order valence-electron chi connectivity index (χ4n) is 18.0. The monoisotopic (exact) mass is 1650 g/mol. The molecule has 5 aromatic rings. The number of anilines is 3. The Morgan fingerprint density at radius 2 is 0.948 bits per heavy atom. The third-order valence-electron chi connectivity index (χ3n) is 25.0. The summed E-state index contributed by atoms with van der Waals surface area (Å²) < 4.78 is 27.6. The van der Waals surface area contributed by atoms with E-state index in [1.807, 2.05) is 121 Å². The summed E-state index contributed by atoms with van der Waals surface area (Å²) in [6.45, 7) is 24.4. The lowest BCUT2D eigenvalue weighted by Gasteiger charge is -2.41. The first-order valence-corrected chi connectivity index (χ1v) is 45.2. The van der Waals surface area contributed by atoms with E-state index in [4.69, 9.17) is 0 Å². The normalized spacial score (nSPS) is 23.1. The maximum atomic E-state index is 14.0. The summed E-state index contributed by atoms with van der Waals surface area (Å²) in [5.74, 6) is -1.25. The highest BCUT2D eigenvalue weighted by Gasteiger charge is 2.53. The van der Waals surface area contributed by atoms with Crippen molar-refractivity contribution in [2.45, 2.75) is 234 Å². The third-order valence-corrected chi connectivity index (χ3v) is 29.8. The largest absolute Gasteiger partial charge is 0.342 e. The predicted molar refractivity (Wildman–Crippen MR) is 460 cm³/mol. The van der Waals surface area contributed by atoms with Gasteiger partial charge in [-0.2, -0.15) is 0 Å². The average Bonchev–Trinajstić information content (AvgIpc) is 1.59. The minimum Gasteiger partial charge on any atom is -0.342 e. The second-order valence-corrected chi connectivity index (χ2v) is 39.2. The number of urea groups is 3. The van der Waals surface area contributed by atoms with Gasteiger partial charge >= 0.3 is 18.1 Å². The lowest BCUT2D eigenvalue weighted by molar-refractivity contribution is -0.140. The molecular weight excluding hydrogens is 1530 g/mol. The number of carbonyl (C=O) groups is 9. The van der Waals surface area contributed by atoms with Gasteiger partial charge < -0.3 is 60.0 Å². The number of piperidine rings is 3. The first-order valence-electron chi connectivity index (χ1n) is 42.4. The molecule has 116 heavy (non-hydrogen) atoms. The second kappa shape index (κ2) is 38.1. The fraction of sp³-hybridized carbons (Fsp3) is 0.567. The van der Waals surface area contributed by atoms with Gasteiger partial charge in [0.2, 0.25) is 35.4 Å². The summed E-state index contributed by atoms with van der Waals surface area (Å²) in [6, 6.07) is 37.6. The summed E-state index contributed by atoms with van der Waals surface area (Å²) in [6.07, 6.45) is 15.1. The van der Waals surface area contributed by atoms with Crippen LogP contribution in [0.2, 0.25) is 0 Å². The Kier molecular flexibility index (Phi) is 28.1.